The lowest BCUT2D eigenvalue weighted by molar-refractivity contribution is 0.0544. The molecule has 0 amide bonds. The van der Waals surface area contributed by atoms with Gasteiger partial charge in [-0.3, -0.25) is 0 Å². The van der Waals surface area contributed by atoms with E-state index in [1.54, 1.807) is 13.0 Å². The van der Waals surface area contributed by atoms with E-state index in [0.29, 0.717) is 18.8 Å². The summed E-state index contributed by atoms with van der Waals surface area (Å²) in [6, 6.07) is 4.45. The zero-order valence-corrected chi connectivity index (χ0v) is 10.4. The molecule has 0 fully saturated rings. The number of ether oxygens (including phenoxy) is 2. The van der Waals surface area contributed by atoms with Crippen molar-refractivity contribution in [1.29, 1.82) is 0 Å². The molecule has 1 aromatic carbocycles. The summed E-state index contributed by atoms with van der Waals surface area (Å²) in [6.45, 7) is 6.18. The van der Waals surface area contributed by atoms with Crippen LogP contribution in [-0.2, 0) is 4.74 Å². The third-order valence-corrected chi connectivity index (χ3v) is 2.23. The first-order chi connectivity index (χ1) is 8.00. The molecule has 0 aliphatic rings. The molecule has 0 aromatic heterocycles. The Balaban J connectivity index is 2.49. The number of hydrogen-bond acceptors (Lipinski definition) is 3. The van der Waals surface area contributed by atoms with Gasteiger partial charge in [0.1, 0.15) is 6.61 Å². The predicted octanol–water partition coefficient (Wildman–Crippen LogP) is 2.68. The first-order valence-corrected chi connectivity index (χ1v) is 5.72. The molecule has 1 N–H and O–H groups in total. The maximum absolute atomic E-state index is 13.5. The average molecular weight is 242 g/mol. The van der Waals surface area contributed by atoms with E-state index in [2.05, 4.69) is 0 Å². The highest BCUT2D eigenvalue weighted by molar-refractivity contribution is 5.30. The maximum Gasteiger partial charge on any atom is 0.165 e. The second kappa shape index (κ2) is 6.57. The van der Waals surface area contributed by atoms with Gasteiger partial charge in [-0.15, -0.1) is 0 Å². The van der Waals surface area contributed by atoms with Gasteiger partial charge in [0.15, 0.2) is 11.6 Å². The minimum atomic E-state index is -0.678. The lowest BCUT2D eigenvalue weighted by Crippen LogP contribution is -2.11. The van der Waals surface area contributed by atoms with Crippen molar-refractivity contribution in [1.82, 2.24) is 0 Å². The fourth-order valence-electron chi connectivity index (χ4n) is 1.33. The molecule has 0 spiro atoms. The van der Waals surface area contributed by atoms with Crippen LogP contribution in [0.2, 0.25) is 0 Å². The van der Waals surface area contributed by atoms with Crippen LogP contribution in [0, 0.1) is 5.82 Å². The minimum Gasteiger partial charge on any atom is -0.488 e. The minimum absolute atomic E-state index is 0.140. The van der Waals surface area contributed by atoms with Crippen LogP contribution in [0.25, 0.3) is 0 Å². The Morgan fingerprint density at radius 1 is 1.24 bits per heavy atom. The van der Waals surface area contributed by atoms with Gasteiger partial charge in [-0.05, 0) is 38.5 Å². The zero-order chi connectivity index (χ0) is 12.8. The fourth-order valence-corrected chi connectivity index (χ4v) is 1.33. The topological polar surface area (TPSA) is 38.7 Å². The third kappa shape index (κ3) is 4.71. The van der Waals surface area contributed by atoms with Crippen LogP contribution < -0.4 is 4.74 Å². The van der Waals surface area contributed by atoms with Crippen LogP contribution >= 0.6 is 0 Å². The number of aliphatic hydroxyl groups excluding tert-OH is 1. The Hall–Kier alpha value is -1.13. The average Bonchev–Trinajstić information content (AvgIpc) is 2.25. The van der Waals surface area contributed by atoms with E-state index < -0.39 is 11.9 Å². The lowest BCUT2D eigenvalue weighted by atomic mass is 10.1. The van der Waals surface area contributed by atoms with Crippen LogP contribution in [0.4, 0.5) is 4.39 Å². The normalized spacial score (nSPS) is 12.8. The zero-order valence-electron chi connectivity index (χ0n) is 10.4. The molecule has 0 radical (unpaired) electrons. The number of halogens is 1. The molecule has 1 rings (SSSR count). The number of hydrogen-bond donors (Lipinski definition) is 1. The summed E-state index contributed by atoms with van der Waals surface area (Å²) in [6.07, 6.45) is -0.538. The number of benzene rings is 1. The molecule has 1 unspecified atom stereocenters. The molecule has 0 saturated carbocycles. The quantitative estimate of drug-likeness (QED) is 0.779. The monoisotopic (exact) mass is 242 g/mol. The molecule has 96 valence electrons. The van der Waals surface area contributed by atoms with E-state index in [-0.39, 0.29) is 11.9 Å². The first kappa shape index (κ1) is 13.9. The largest absolute Gasteiger partial charge is 0.488 e. The molecule has 0 aliphatic heterocycles. The Kier molecular flexibility index (Phi) is 5.38. The Labute approximate surface area is 101 Å². The van der Waals surface area contributed by atoms with Gasteiger partial charge in [0.25, 0.3) is 0 Å². The second-order valence-electron chi connectivity index (χ2n) is 4.13. The maximum atomic E-state index is 13.5. The standard InChI is InChI=1S/C13H19FO3/c1-9(2)16-6-7-17-13-5-4-11(10(3)15)8-12(13)14/h4-5,8-10,15H,6-7H2,1-3H3. The predicted molar refractivity (Wildman–Crippen MR) is 63.6 cm³/mol. The highest BCUT2D eigenvalue weighted by Gasteiger charge is 2.07. The summed E-state index contributed by atoms with van der Waals surface area (Å²) in [5.41, 5.74) is 0.535. The van der Waals surface area contributed by atoms with Crippen LogP contribution in [-0.4, -0.2) is 24.4 Å². The van der Waals surface area contributed by atoms with Gasteiger partial charge in [-0.25, -0.2) is 4.39 Å². The summed E-state index contributed by atoms with van der Waals surface area (Å²) in [5.74, 6) is -0.283. The summed E-state index contributed by atoms with van der Waals surface area (Å²) in [5, 5.41) is 9.29. The van der Waals surface area contributed by atoms with E-state index in [0.717, 1.165) is 0 Å². The van der Waals surface area contributed by atoms with Crippen molar-refractivity contribution in [3.05, 3.63) is 29.6 Å². The van der Waals surface area contributed by atoms with Gasteiger partial charge in [0, 0.05) is 0 Å². The van der Waals surface area contributed by atoms with Crippen molar-refractivity contribution in [2.24, 2.45) is 0 Å². The molecular formula is C13H19FO3. The SMILES string of the molecule is CC(C)OCCOc1ccc(C(C)O)cc1F. The Morgan fingerprint density at radius 2 is 1.94 bits per heavy atom. The van der Waals surface area contributed by atoms with Crippen molar-refractivity contribution < 1.29 is 19.0 Å². The van der Waals surface area contributed by atoms with Crippen molar-refractivity contribution in [2.75, 3.05) is 13.2 Å². The third-order valence-electron chi connectivity index (χ3n) is 2.23. The first-order valence-electron chi connectivity index (χ1n) is 5.72. The van der Waals surface area contributed by atoms with Crippen molar-refractivity contribution in [3.63, 3.8) is 0 Å². The highest BCUT2D eigenvalue weighted by Crippen LogP contribution is 2.21. The lowest BCUT2D eigenvalue weighted by Gasteiger charge is -2.11. The van der Waals surface area contributed by atoms with E-state index in [1.165, 1.54) is 12.1 Å². The molecule has 0 heterocycles. The van der Waals surface area contributed by atoms with Crippen LogP contribution in [0.15, 0.2) is 18.2 Å². The van der Waals surface area contributed by atoms with Gasteiger partial charge in [0.05, 0.1) is 18.8 Å². The molecule has 1 aromatic rings. The number of aliphatic hydroxyl groups is 1. The van der Waals surface area contributed by atoms with E-state index >= 15 is 0 Å². The van der Waals surface area contributed by atoms with Gasteiger partial charge in [0.2, 0.25) is 0 Å². The fraction of sp³-hybridized carbons (Fsp3) is 0.538. The van der Waals surface area contributed by atoms with Gasteiger partial charge in [-0.1, -0.05) is 6.07 Å². The number of rotatable bonds is 6. The summed E-state index contributed by atoms with van der Waals surface area (Å²) >= 11 is 0. The Bertz CT molecular complexity index is 351. The molecule has 0 saturated heterocycles. The Morgan fingerprint density at radius 3 is 2.47 bits per heavy atom. The second-order valence-corrected chi connectivity index (χ2v) is 4.13. The van der Waals surface area contributed by atoms with Crippen LogP contribution in [0.1, 0.15) is 32.4 Å². The van der Waals surface area contributed by atoms with E-state index in [1.807, 2.05) is 13.8 Å². The van der Waals surface area contributed by atoms with E-state index in [4.69, 9.17) is 9.47 Å². The van der Waals surface area contributed by atoms with Gasteiger partial charge in [-0.2, -0.15) is 0 Å². The van der Waals surface area contributed by atoms with Crippen LogP contribution in [0.5, 0.6) is 5.75 Å². The smallest absolute Gasteiger partial charge is 0.165 e. The molecule has 4 heteroatoms. The molecule has 1 atom stereocenters. The summed E-state index contributed by atoms with van der Waals surface area (Å²) < 4.78 is 24.0. The van der Waals surface area contributed by atoms with Crippen LogP contribution in [0.3, 0.4) is 0 Å². The van der Waals surface area contributed by atoms with Crippen molar-refractivity contribution in [2.45, 2.75) is 33.0 Å². The molecular weight excluding hydrogens is 223 g/mol. The molecule has 3 nitrogen and oxygen atoms in total. The van der Waals surface area contributed by atoms with Gasteiger partial charge >= 0.3 is 0 Å². The molecule has 0 bridgehead atoms. The summed E-state index contributed by atoms with van der Waals surface area (Å²) in [7, 11) is 0. The molecule has 17 heavy (non-hydrogen) atoms. The molecule has 0 aliphatic carbocycles. The van der Waals surface area contributed by atoms with Crippen molar-refractivity contribution in [3.8, 4) is 5.75 Å². The highest BCUT2D eigenvalue weighted by atomic mass is 19.1. The van der Waals surface area contributed by atoms with Crippen molar-refractivity contribution >= 4 is 0 Å². The van der Waals surface area contributed by atoms with Gasteiger partial charge < -0.3 is 14.6 Å². The van der Waals surface area contributed by atoms with E-state index in [9.17, 15) is 9.50 Å². The summed E-state index contributed by atoms with van der Waals surface area (Å²) in [4.78, 5) is 0.